The van der Waals surface area contributed by atoms with Crippen molar-refractivity contribution in [2.24, 2.45) is 17.8 Å². The van der Waals surface area contributed by atoms with Gasteiger partial charge >= 0.3 is 12.6 Å². The number of carboxylic acids is 1. The van der Waals surface area contributed by atoms with E-state index >= 15 is 4.39 Å². The Kier molecular flexibility index (Phi) is 5.66. The summed E-state index contributed by atoms with van der Waals surface area (Å²) in [6, 6.07) is 11.7. The molecule has 2 aliphatic carbocycles. The molecular weight excluding hydrogens is 483 g/mol. The Balaban J connectivity index is 1.28. The molecule has 6 nitrogen and oxygen atoms in total. The van der Waals surface area contributed by atoms with Crippen molar-refractivity contribution >= 4 is 11.6 Å². The van der Waals surface area contributed by atoms with E-state index in [1.807, 2.05) is 12.1 Å². The van der Waals surface area contributed by atoms with Gasteiger partial charge in [0.25, 0.3) is 0 Å². The van der Waals surface area contributed by atoms with Crippen molar-refractivity contribution in [3.8, 4) is 16.9 Å². The Morgan fingerprint density at radius 3 is 2.62 bits per heavy atom. The number of aliphatic carboxylic acids is 1. The summed E-state index contributed by atoms with van der Waals surface area (Å²) in [6.07, 6.45) is 5.23. The lowest BCUT2D eigenvalue weighted by Gasteiger charge is -2.14. The van der Waals surface area contributed by atoms with Gasteiger partial charge in [-0.3, -0.25) is 9.78 Å². The molecule has 4 atom stereocenters. The van der Waals surface area contributed by atoms with E-state index in [4.69, 9.17) is 0 Å². The molecular formula is C28H24F3N3O3. The second kappa shape index (κ2) is 8.90. The molecule has 3 aromatic heterocycles. The van der Waals surface area contributed by atoms with Crippen LogP contribution in [0.5, 0.6) is 5.75 Å². The number of nitrogens with zero attached hydrogens (tertiary/aromatic N) is 3. The highest BCUT2D eigenvalue weighted by molar-refractivity contribution is 5.74. The zero-order valence-corrected chi connectivity index (χ0v) is 19.9. The lowest BCUT2D eigenvalue weighted by molar-refractivity contribution is -0.139. The molecule has 2 fully saturated rings. The van der Waals surface area contributed by atoms with E-state index in [2.05, 4.69) is 14.7 Å². The van der Waals surface area contributed by atoms with Crippen LogP contribution in [0.15, 0.2) is 54.9 Å². The van der Waals surface area contributed by atoms with Gasteiger partial charge in [0.15, 0.2) is 0 Å². The summed E-state index contributed by atoms with van der Waals surface area (Å²) in [7, 11) is 0. The van der Waals surface area contributed by atoms with E-state index in [1.54, 1.807) is 41.9 Å². The van der Waals surface area contributed by atoms with Crippen LogP contribution < -0.4 is 4.74 Å². The maximum atomic E-state index is 15.1. The molecule has 0 aliphatic heterocycles. The number of ether oxygens (including phenoxy) is 1. The number of aromatic nitrogens is 3. The van der Waals surface area contributed by atoms with Crippen LogP contribution in [-0.4, -0.2) is 32.1 Å². The summed E-state index contributed by atoms with van der Waals surface area (Å²) in [4.78, 5) is 20.3. The topological polar surface area (TPSA) is 76.7 Å². The summed E-state index contributed by atoms with van der Waals surface area (Å²) >= 11 is 0. The fourth-order valence-electron chi connectivity index (χ4n) is 5.95. The standard InChI is InChI=1S/C28H24F3N3O3/c1-14-23(10-15-4-2-3-5-24(15)37-28(30)31)34-13-20(21(29)11-25(34)33-14)16-6-7-22(32-12-16)17-8-18-19(9-17)26(18)27(35)36/h2-7,11-13,17-19,26,28H,8-10H2,1H3,(H,35,36)/t17?,18-,19?,26?/m1/s1. The highest BCUT2D eigenvalue weighted by atomic mass is 19.3. The SMILES string of the molecule is Cc1nc2cc(F)c(-c3ccc(C4CC5C(C(=O)O)[C@@H]5C4)nc3)cn2c1Cc1ccccc1OC(F)F. The average Bonchev–Trinajstić information content (AvgIpc) is 3.22. The summed E-state index contributed by atoms with van der Waals surface area (Å²) in [6.45, 7) is -1.14. The molecule has 2 saturated carbocycles. The number of hydrogen-bond donors (Lipinski definition) is 1. The third kappa shape index (κ3) is 4.22. The number of fused-ring (bicyclic) bond motifs is 2. The fraction of sp³-hybridized carbons (Fsp3) is 0.321. The van der Waals surface area contributed by atoms with Gasteiger partial charge in [-0.1, -0.05) is 24.3 Å². The smallest absolute Gasteiger partial charge is 0.387 e. The van der Waals surface area contributed by atoms with Crippen molar-refractivity contribution in [2.75, 3.05) is 0 Å². The van der Waals surface area contributed by atoms with Crippen molar-refractivity contribution in [2.45, 2.75) is 38.7 Å². The summed E-state index contributed by atoms with van der Waals surface area (Å²) in [5, 5.41) is 9.24. The maximum Gasteiger partial charge on any atom is 0.387 e. The first-order valence-electron chi connectivity index (χ1n) is 12.2. The molecule has 1 N–H and O–H groups in total. The molecule has 3 heterocycles. The highest BCUT2D eigenvalue weighted by Gasteiger charge is 2.60. The van der Waals surface area contributed by atoms with Gasteiger partial charge in [-0.05, 0) is 43.7 Å². The van der Waals surface area contributed by atoms with Crippen molar-refractivity contribution in [1.29, 1.82) is 0 Å². The lowest BCUT2D eigenvalue weighted by Crippen LogP contribution is -2.08. The highest BCUT2D eigenvalue weighted by Crippen LogP contribution is 2.61. The number of hydrogen-bond acceptors (Lipinski definition) is 4. The van der Waals surface area contributed by atoms with Gasteiger partial charge in [-0.2, -0.15) is 8.78 Å². The number of aryl methyl sites for hydroxylation is 1. The van der Waals surface area contributed by atoms with E-state index in [0.29, 0.717) is 28.0 Å². The minimum Gasteiger partial charge on any atom is -0.481 e. The van der Waals surface area contributed by atoms with Crippen molar-refractivity contribution in [3.63, 3.8) is 0 Å². The lowest BCUT2D eigenvalue weighted by atomic mass is 9.95. The second-order valence-electron chi connectivity index (χ2n) is 9.90. The first-order valence-corrected chi connectivity index (χ1v) is 12.2. The van der Waals surface area contributed by atoms with E-state index in [-0.39, 0.29) is 35.8 Å². The van der Waals surface area contributed by atoms with Crippen molar-refractivity contribution in [1.82, 2.24) is 14.4 Å². The number of imidazole rings is 1. The van der Waals surface area contributed by atoms with E-state index in [0.717, 1.165) is 24.2 Å². The first kappa shape index (κ1) is 23.5. The molecule has 0 radical (unpaired) electrons. The Morgan fingerprint density at radius 2 is 1.95 bits per heavy atom. The number of alkyl halides is 2. The van der Waals surface area contributed by atoms with Gasteiger partial charge < -0.3 is 14.2 Å². The molecule has 0 amide bonds. The van der Waals surface area contributed by atoms with E-state index < -0.39 is 18.4 Å². The van der Waals surface area contributed by atoms with Crippen LogP contribution in [0.25, 0.3) is 16.8 Å². The molecule has 4 aromatic rings. The van der Waals surface area contributed by atoms with Crippen LogP contribution in [0.3, 0.4) is 0 Å². The Morgan fingerprint density at radius 1 is 1.19 bits per heavy atom. The van der Waals surface area contributed by atoms with Gasteiger partial charge in [0.1, 0.15) is 17.2 Å². The monoisotopic (exact) mass is 507 g/mol. The van der Waals surface area contributed by atoms with E-state index in [1.165, 1.54) is 12.1 Å². The molecule has 1 aromatic carbocycles. The Hall–Kier alpha value is -3.88. The number of para-hydroxylation sites is 1. The normalized spacial score (nSPS) is 22.4. The Bertz CT molecular complexity index is 1490. The number of pyridine rings is 2. The molecule has 2 aliphatic rings. The zero-order valence-electron chi connectivity index (χ0n) is 19.9. The minimum atomic E-state index is -2.94. The molecule has 0 spiro atoms. The minimum absolute atomic E-state index is 0.0909. The van der Waals surface area contributed by atoms with E-state index in [9.17, 15) is 18.7 Å². The molecule has 190 valence electrons. The van der Waals surface area contributed by atoms with Crippen LogP contribution in [0.1, 0.15) is 41.4 Å². The van der Waals surface area contributed by atoms with Crippen molar-refractivity contribution < 1.29 is 27.8 Å². The average molecular weight is 508 g/mol. The van der Waals surface area contributed by atoms with Crippen LogP contribution in [0.2, 0.25) is 0 Å². The van der Waals surface area contributed by atoms with Crippen LogP contribution in [0, 0.1) is 30.5 Å². The quantitative estimate of drug-likeness (QED) is 0.339. The number of carboxylic acid groups (broad SMARTS) is 1. The molecule has 37 heavy (non-hydrogen) atoms. The van der Waals surface area contributed by atoms with Crippen LogP contribution >= 0.6 is 0 Å². The van der Waals surface area contributed by atoms with Crippen molar-refractivity contribution in [3.05, 3.63) is 83.3 Å². The molecule has 9 heteroatoms. The Labute approximate surface area is 210 Å². The van der Waals surface area contributed by atoms with Gasteiger partial charge in [0.05, 0.1) is 11.6 Å². The molecule has 3 unspecified atom stereocenters. The molecule has 6 rings (SSSR count). The zero-order chi connectivity index (χ0) is 25.8. The summed E-state index contributed by atoms with van der Waals surface area (Å²) in [5.74, 6) is -0.559. The molecule has 0 bridgehead atoms. The van der Waals surface area contributed by atoms with Gasteiger partial charge in [0, 0.05) is 58.9 Å². The summed E-state index contributed by atoms with van der Waals surface area (Å²) in [5.41, 5.74) is 4.25. The number of halogens is 3. The maximum absolute atomic E-state index is 15.1. The van der Waals surface area contributed by atoms with Gasteiger partial charge in [-0.15, -0.1) is 0 Å². The summed E-state index contributed by atoms with van der Waals surface area (Å²) < 4.78 is 47.3. The largest absolute Gasteiger partial charge is 0.481 e. The second-order valence-corrected chi connectivity index (χ2v) is 9.90. The third-order valence-corrected chi connectivity index (χ3v) is 7.80. The van der Waals surface area contributed by atoms with Gasteiger partial charge in [0.2, 0.25) is 0 Å². The predicted octanol–water partition coefficient (Wildman–Crippen LogP) is 5.86. The predicted molar refractivity (Wildman–Crippen MR) is 129 cm³/mol. The number of benzene rings is 1. The van der Waals surface area contributed by atoms with Gasteiger partial charge in [-0.25, -0.2) is 9.37 Å². The number of rotatable bonds is 7. The third-order valence-electron chi connectivity index (χ3n) is 7.80. The number of carbonyl (C=O) groups is 1. The fourth-order valence-corrected chi connectivity index (χ4v) is 5.95. The molecule has 0 saturated heterocycles. The first-order chi connectivity index (χ1) is 17.8. The van der Waals surface area contributed by atoms with Crippen LogP contribution in [0.4, 0.5) is 13.2 Å². The van der Waals surface area contributed by atoms with Crippen LogP contribution in [-0.2, 0) is 11.2 Å².